The summed E-state index contributed by atoms with van der Waals surface area (Å²) in [5.41, 5.74) is 10.7. The molecule has 0 unspecified atom stereocenters. The Morgan fingerprint density at radius 1 is 0.837 bits per heavy atom. The topological polar surface area (TPSA) is 77.0 Å². The molecule has 6 aromatic rings. The van der Waals surface area contributed by atoms with Gasteiger partial charge in [0.15, 0.2) is 0 Å². The first-order chi connectivity index (χ1) is 21.0. The van der Waals surface area contributed by atoms with E-state index < -0.39 is 0 Å². The average molecular weight is 589 g/mol. The molecule has 0 atom stereocenters. The van der Waals surface area contributed by atoms with Crippen LogP contribution in [-0.4, -0.2) is 12.6 Å². The molecule has 0 spiro atoms. The van der Waals surface area contributed by atoms with Crippen molar-refractivity contribution in [2.45, 2.75) is 20.3 Å². The lowest BCUT2D eigenvalue weighted by atomic mass is 9.98. The molecule has 7 heteroatoms. The van der Waals surface area contributed by atoms with E-state index in [1.165, 1.54) is 0 Å². The van der Waals surface area contributed by atoms with Crippen molar-refractivity contribution in [3.63, 3.8) is 0 Å². The zero-order valence-electron chi connectivity index (χ0n) is 23.8. The van der Waals surface area contributed by atoms with Crippen LogP contribution in [0.4, 0.5) is 0 Å². The highest BCUT2D eigenvalue weighted by Gasteiger charge is 2.17. The fourth-order valence-corrected chi connectivity index (χ4v) is 5.17. The van der Waals surface area contributed by atoms with Gasteiger partial charge in [-0.15, -0.1) is 5.10 Å². The molecule has 6 nitrogen and oxygen atoms in total. The number of furan rings is 1. The number of hydrogen-bond acceptors (Lipinski definition) is 6. The van der Waals surface area contributed by atoms with Crippen LogP contribution in [0.3, 0.4) is 0 Å². The average Bonchev–Trinajstić information content (AvgIpc) is 3.45. The molecule has 0 fully saturated rings. The fourth-order valence-electron chi connectivity index (χ4n) is 5.04. The van der Waals surface area contributed by atoms with Crippen LogP contribution in [0.15, 0.2) is 135 Å². The first kappa shape index (κ1) is 28.1. The Balaban J connectivity index is 1.46. The van der Waals surface area contributed by atoms with E-state index in [4.69, 9.17) is 25.2 Å². The van der Waals surface area contributed by atoms with E-state index in [1.807, 2.05) is 91.9 Å². The molecule has 0 saturated heterocycles. The summed E-state index contributed by atoms with van der Waals surface area (Å²) in [4.78, 5) is 12.9. The SMILES string of the molecule is CCOC(=O)/C(Cc1ccccc1)=C(\C)N/N=c1\cc(-c2ccccc2)c2cc3c(-c4ccc(Cl)cc4)coc3cc2o1. The first-order valence-electron chi connectivity index (χ1n) is 14.0. The molecule has 0 radical (unpaired) electrons. The monoisotopic (exact) mass is 588 g/mol. The zero-order valence-corrected chi connectivity index (χ0v) is 24.5. The number of nitrogens with one attached hydrogen (secondary N) is 1. The predicted octanol–water partition coefficient (Wildman–Crippen LogP) is 8.65. The van der Waals surface area contributed by atoms with Gasteiger partial charge in [0.1, 0.15) is 11.2 Å². The van der Waals surface area contributed by atoms with Crippen LogP contribution in [0, 0.1) is 0 Å². The van der Waals surface area contributed by atoms with Crippen LogP contribution in [0.5, 0.6) is 0 Å². The van der Waals surface area contributed by atoms with Crippen LogP contribution in [0.25, 0.3) is 44.2 Å². The number of rotatable bonds is 8. The summed E-state index contributed by atoms with van der Waals surface area (Å²) in [7, 11) is 0. The second-order valence-corrected chi connectivity index (χ2v) is 10.5. The van der Waals surface area contributed by atoms with Crippen LogP contribution in [0.2, 0.25) is 5.02 Å². The minimum atomic E-state index is -0.385. The van der Waals surface area contributed by atoms with Crippen LogP contribution in [0.1, 0.15) is 19.4 Å². The van der Waals surface area contributed by atoms with Crippen molar-refractivity contribution in [3.8, 4) is 22.3 Å². The maximum Gasteiger partial charge on any atom is 0.336 e. The summed E-state index contributed by atoms with van der Waals surface area (Å²) in [6, 6.07) is 33.4. The molecule has 43 heavy (non-hydrogen) atoms. The molecular formula is C36H29ClN2O4. The molecule has 0 aliphatic carbocycles. The lowest BCUT2D eigenvalue weighted by Gasteiger charge is -2.11. The standard InChI is InChI=1S/C36H29ClN2O4/c1-3-41-36(40)28(18-24-10-6-4-7-11-24)23(2)38-39-35-20-29(25-12-8-5-9-13-25)30-19-31-32(26-14-16-27(37)17-15-26)22-42-33(31)21-34(30)43-35/h4-17,19-22,38H,3,18H2,1-2H3/b28-23+,39-35+. The van der Waals surface area contributed by atoms with Crippen LogP contribution in [-0.2, 0) is 16.0 Å². The normalized spacial score (nSPS) is 12.4. The van der Waals surface area contributed by atoms with Crippen molar-refractivity contribution >= 4 is 39.5 Å². The van der Waals surface area contributed by atoms with E-state index in [1.54, 1.807) is 13.2 Å². The van der Waals surface area contributed by atoms with E-state index in [0.717, 1.165) is 38.6 Å². The Kier molecular flexibility index (Phi) is 8.11. The Morgan fingerprint density at radius 3 is 2.23 bits per heavy atom. The molecule has 0 amide bonds. The summed E-state index contributed by atoms with van der Waals surface area (Å²) in [5, 5.41) is 7.12. The van der Waals surface area contributed by atoms with Crippen molar-refractivity contribution in [2.24, 2.45) is 5.10 Å². The number of hydrogen-bond donors (Lipinski definition) is 1. The van der Waals surface area contributed by atoms with Gasteiger partial charge in [-0.2, -0.15) is 0 Å². The van der Waals surface area contributed by atoms with Crippen molar-refractivity contribution in [1.82, 2.24) is 5.43 Å². The van der Waals surface area contributed by atoms with Gasteiger partial charge in [-0.3, -0.25) is 5.43 Å². The van der Waals surface area contributed by atoms with E-state index in [9.17, 15) is 4.79 Å². The molecule has 1 N–H and O–H groups in total. The number of ether oxygens (including phenoxy) is 1. The van der Waals surface area contributed by atoms with Gasteiger partial charge in [0.2, 0.25) is 5.55 Å². The third-order valence-corrected chi connectivity index (χ3v) is 7.47. The molecule has 2 heterocycles. The second-order valence-electron chi connectivity index (χ2n) is 10.1. The van der Waals surface area contributed by atoms with Gasteiger partial charge in [-0.25, -0.2) is 4.79 Å². The summed E-state index contributed by atoms with van der Waals surface area (Å²) in [6.45, 7) is 3.88. The summed E-state index contributed by atoms with van der Waals surface area (Å²) in [5.74, 6) is -0.385. The van der Waals surface area contributed by atoms with Gasteiger partial charge in [0, 0.05) is 45.6 Å². The second kappa shape index (κ2) is 12.4. The van der Waals surface area contributed by atoms with Crippen LogP contribution < -0.4 is 11.0 Å². The van der Waals surface area contributed by atoms with Crippen molar-refractivity contribution in [3.05, 3.63) is 137 Å². The highest BCUT2D eigenvalue weighted by molar-refractivity contribution is 6.30. The maximum absolute atomic E-state index is 12.9. The van der Waals surface area contributed by atoms with E-state index in [0.29, 0.717) is 39.4 Å². The van der Waals surface area contributed by atoms with Gasteiger partial charge in [-0.1, -0.05) is 84.4 Å². The number of benzene rings is 4. The number of carbonyl (C=O) groups excluding carboxylic acids is 1. The Labute approximate surface area is 253 Å². The quantitative estimate of drug-likeness (QED) is 0.109. The van der Waals surface area contributed by atoms with Gasteiger partial charge in [-0.05, 0) is 54.3 Å². The summed E-state index contributed by atoms with van der Waals surface area (Å²) in [6.07, 6.45) is 2.16. The van der Waals surface area contributed by atoms with E-state index >= 15 is 0 Å². The van der Waals surface area contributed by atoms with Gasteiger partial charge < -0.3 is 13.6 Å². The number of fused-ring (bicyclic) bond motifs is 2. The molecule has 2 aromatic heterocycles. The van der Waals surface area contributed by atoms with Crippen LogP contribution >= 0.6 is 11.6 Å². The highest BCUT2D eigenvalue weighted by Crippen LogP contribution is 2.36. The lowest BCUT2D eigenvalue weighted by Crippen LogP contribution is -2.19. The minimum absolute atomic E-state index is 0.281. The van der Waals surface area contributed by atoms with Crippen molar-refractivity contribution in [2.75, 3.05) is 6.61 Å². The Hall–Kier alpha value is -5.07. The molecule has 0 aliphatic rings. The van der Waals surface area contributed by atoms with E-state index in [2.05, 4.69) is 28.7 Å². The van der Waals surface area contributed by atoms with Crippen molar-refractivity contribution in [1.29, 1.82) is 0 Å². The van der Waals surface area contributed by atoms with Crippen molar-refractivity contribution < 1.29 is 18.4 Å². The summed E-state index contributed by atoms with van der Waals surface area (Å²) < 4.78 is 17.6. The fraction of sp³-hybridized carbons (Fsp3) is 0.111. The first-order valence-corrected chi connectivity index (χ1v) is 14.4. The third kappa shape index (κ3) is 6.10. The Bertz CT molecular complexity index is 2010. The smallest absolute Gasteiger partial charge is 0.336 e. The molecule has 0 bridgehead atoms. The molecule has 4 aromatic carbocycles. The largest absolute Gasteiger partial charge is 0.464 e. The predicted molar refractivity (Wildman–Crippen MR) is 170 cm³/mol. The van der Waals surface area contributed by atoms with Gasteiger partial charge in [0.25, 0.3) is 0 Å². The number of carbonyl (C=O) groups is 1. The molecule has 6 rings (SSSR count). The molecule has 0 aliphatic heterocycles. The Morgan fingerprint density at radius 2 is 1.51 bits per heavy atom. The zero-order chi connectivity index (χ0) is 29.8. The van der Waals surface area contributed by atoms with E-state index in [-0.39, 0.29) is 12.6 Å². The van der Waals surface area contributed by atoms with Gasteiger partial charge >= 0.3 is 5.97 Å². The molecular weight excluding hydrogens is 560 g/mol. The summed E-state index contributed by atoms with van der Waals surface area (Å²) >= 11 is 6.13. The highest BCUT2D eigenvalue weighted by atomic mass is 35.5. The molecule has 214 valence electrons. The lowest BCUT2D eigenvalue weighted by molar-refractivity contribution is -0.138. The maximum atomic E-state index is 12.9. The number of allylic oxidation sites excluding steroid dienone is 1. The number of nitrogens with zero attached hydrogens (tertiary/aromatic N) is 1. The third-order valence-electron chi connectivity index (χ3n) is 7.22. The number of esters is 1. The number of halogens is 1. The molecule has 0 saturated carbocycles. The minimum Gasteiger partial charge on any atom is -0.464 e. The van der Waals surface area contributed by atoms with Gasteiger partial charge in [0.05, 0.1) is 18.4 Å².